The molecule has 18 heavy (non-hydrogen) atoms. The Morgan fingerprint density at radius 3 is 2.72 bits per heavy atom. The molecule has 0 bridgehead atoms. The second kappa shape index (κ2) is 5.76. The van der Waals surface area contributed by atoms with Gasteiger partial charge in [0.15, 0.2) is 0 Å². The van der Waals surface area contributed by atoms with Crippen LogP contribution >= 0.6 is 23.2 Å². The minimum absolute atomic E-state index is 0.0558. The lowest BCUT2D eigenvalue weighted by molar-refractivity contribution is 0.502. The van der Waals surface area contributed by atoms with Crippen molar-refractivity contribution in [3.63, 3.8) is 0 Å². The zero-order valence-corrected chi connectivity index (χ0v) is 11.4. The van der Waals surface area contributed by atoms with Gasteiger partial charge in [0.25, 0.3) is 0 Å². The molecule has 1 heterocycles. The normalized spacial score (nSPS) is 12.7. The standard InChI is InChI=1S/C13H14Cl2N2O/c1-8-11(4-5-18-8)13(17-16)7-9-6-10(14)2-3-12(9)15/h2-6,13,17H,7,16H2,1H3. The number of nitrogens with two attached hydrogens (primary N) is 1. The molecule has 5 heteroatoms. The average molecular weight is 285 g/mol. The number of aryl methyl sites for hydroxylation is 1. The molecule has 1 aromatic heterocycles. The minimum atomic E-state index is -0.0558. The highest BCUT2D eigenvalue weighted by atomic mass is 35.5. The van der Waals surface area contributed by atoms with E-state index in [1.807, 2.05) is 19.1 Å². The zero-order valence-electron chi connectivity index (χ0n) is 9.91. The van der Waals surface area contributed by atoms with Crippen LogP contribution in [-0.4, -0.2) is 0 Å². The van der Waals surface area contributed by atoms with Gasteiger partial charge in [-0.25, -0.2) is 0 Å². The van der Waals surface area contributed by atoms with Gasteiger partial charge in [-0.3, -0.25) is 11.3 Å². The van der Waals surface area contributed by atoms with Gasteiger partial charge >= 0.3 is 0 Å². The fourth-order valence-electron chi connectivity index (χ4n) is 1.93. The Labute approximate surface area is 116 Å². The van der Waals surface area contributed by atoms with Crippen LogP contribution in [0.25, 0.3) is 0 Å². The van der Waals surface area contributed by atoms with E-state index >= 15 is 0 Å². The second-order valence-electron chi connectivity index (χ2n) is 4.09. The first-order valence-electron chi connectivity index (χ1n) is 5.56. The van der Waals surface area contributed by atoms with Crippen molar-refractivity contribution in [2.75, 3.05) is 0 Å². The number of furan rings is 1. The van der Waals surface area contributed by atoms with Crippen molar-refractivity contribution in [3.05, 3.63) is 57.5 Å². The second-order valence-corrected chi connectivity index (χ2v) is 4.93. The van der Waals surface area contributed by atoms with Gasteiger partial charge in [0.05, 0.1) is 12.3 Å². The SMILES string of the molecule is Cc1occc1C(Cc1cc(Cl)ccc1Cl)NN. The van der Waals surface area contributed by atoms with Gasteiger partial charge in [0, 0.05) is 15.6 Å². The quantitative estimate of drug-likeness (QED) is 0.666. The van der Waals surface area contributed by atoms with Crippen LogP contribution in [0.4, 0.5) is 0 Å². The summed E-state index contributed by atoms with van der Waals surface area (Å²) in [7, 11) is 0. The highest BCUT2D eigenvalue weighted by molar-refractivity contribution is 6.33. The predicted molar refractivity (Wildman–Crippen MR) is 73.7 cm³/mol. The smallest absolute Gasteiger partial charge is 0.105 e. The van der Waals surface area contributed by atoms with E-state index in [9.17, 15) is 0 Å². The topological polar surface area (TPSA) is 51.2 Å². The van der Waals surface area contributed by atoms with Gasteiger partial charge in [-0.2, -0.15) is 0 Å². The summed E-state index contributed by atoms with van der Waals surface area (Å²) >= 11 is 12.1. The summed E-state index contributed by atoms with van der Waals surface area (Å²) in [6.45, 7) is 1.90. The molecule has 0 spiro atoms. The molecule has 1 aromatic carbocycles. The first kappa shape index (κ1) is 13.4. The summed E-state index contributed by atoms with van der Waals surface area (Å²) in [4.78, 5) is 0. The van der Waals surface area contributed by atoms with Crippen LogP contribution in [0.2, 0.25) is 10.0 Å². The molecule has 2 aromatic rings. The van der Waals surface area contributed by atoms with E-state index < -0.39 is 0 Å². The van der Waals surface area contributed by atoms with Gasteiger partial charge in [0.2, 0.25) is 0 Å². The van der Waals surface area contributed by atoms with E-state index in [0.717, 1.165) is 16.9 Å². The van der Waals surface area contributed by atoms with Crippen LogP contribution in [0.3, 0.4) is 0 Å². The van der Waals surface area contributed by atoms with E-state index in [0.29, 0.717) is 16.5 Å². The average Bonchev–Trinajstić information content (AvgIpc) is 2.77. The third-order valence-corrected chi connectivity index (χ3v) is 3.51. The van der Waals surface area contributed by atoms with Crippen molar-refractivity contribution in [1.29, 1.82) is 0 Å². The summed E-state index contributed by atoms with van der Waals surface area (Å²) in [5, 5.41) is 1.34. The maximum atomic E-state index is 6.15. The van der Waals surface area contributed by atoms with Gasteiger partial charge < -0.3 is 4.42 Å². The molecule has 1 unspecified atom stereocenters. The fourth-order valence-corrected chi connectivity index (χ4v) is 2.32. The highest BCUT2D eigenvalue weighted by Crippen LogP contribution is 2.27. The number of hydrogen-bond acceptors (Lipinski definition) is 3. The maximum Gasteiger partial charge on any atom is 0.105 e. The van der Waals surface area contributed by atoms with Crippen molar-refractivity contribution >= 4 is 23.2 Å². The molecule has 0 saturated carbocycles. The number of hydrogen-bond donors (Lipinski definition) is 2. The molecular formula is C13H14Cl2N2O. The Bertz CT molecular complexity index is 540. The van der Waals surface area contributed by atoms with E-state index in [2.05, 4.69) is 5.43 Å². The van der Waals surface area contributed by atoms with E-state index in [1.165, 1.54) is 0 Å². The van der Waals surface area contributed by atoms with Crippen molar-refractivity contribution in [2.45, 2.75) is 19.4 Å². The molecule has 2 rings (SSSR count). The molecule has 3 nitrogen and oxygen atoms in total. The summed E-state index contributed by atoms with van der Waals surface area (Å²) in [6, 6.07) is 7.25. The number of benzene rings is 1. The van der Waals surface area contributed by atoms with Crippen LogP contribution < -0.4 is 11.3 Å². The van der Waals surface area contributed by atoms with Crippen molar-refractivity contribution in [1.82, 2.24) is 5.43 Å². The van der Waals surface area contributed by atoms with Crippen molar-refractivity contribution in [3.8, 4) is 0 Å². The van der Waals surface area contributed by atoms with Gasteiger partial charge in [-0.15, -0.1) is 0 Å². The van der Waals surface area contributed by atoms with Gasteiger partial charge in [-0.05, 0) is 43.2 Å². The number of nitrogens with one attached hydrogen (secondary N) is 1. The van der Waals surface area contributed by atoms with Gasteiger partial charge in [0.1, 0.15) is 5.76 Å². The number of rotatable bonds is 4. The minimum Gasteiger partial charge on any atom is -0.469 e. The Kier molecular flexibility index (Phi) is 4.30. The van der Waals surface area contributed by atoms with E-state index in [-0.39, 0.29) is 6.04 Å². The first-order valence-corrected chi connectivity index (χ1v) is 6.31. The molecule has 96 valence electrons. The predicted octanol–water partition coefficient (Wildman–Crippen LogP) is 3.64. The Morgan fingerprint density at radius 1 is 1.33 bits per heavy atom. The van der Waals surface area contributed by atoms with Crippen LogP contribution in [0.5, 0.6) is 0 Å². The van der Waals surface area contributed by atoms with Crippen molar-refractivity contribution < 1.29 is 4.42 Å². The molecule has 0 radical (unpaired) electrons. The summed E-state index contributed by atoms with van der Waals surface area (Å²) in [5.74, 6) is 6.44. The maximum absolute atomic E-state index is 6.15. The first-order chi connectivity index (χ1) is 8.61. The monoisotopic (exact) mass is 284 g/mol. The molecule has 0 aliphatic heterocycles. The molecule has 0 fully saturated rings. The van der Waals surface area contributed by atoms with Crippen LogP contribution in [0.1, 0.15) is 22.9 Å². The molecule has 0 aliphatic rings. The number of halogens is 2. The van der Waals surface area contributed by atoms with Crippen molar-refractivity contribution in [2.24, 2.45) is 5.84 Å². The van der Waals surface area contributed by atoms with Gasteiger partial charge in [-0.1, -0.05) is 23.2 Å². The molecular weight excluding hydrogens is 271 g/mol. The Morgan fingerprint density at radius 2 is 2.11 bits per heavy atom. The molecule has 0 saturated heterocycles. The summed E-state index contributed by atoms with van der Waals surface area (Å²) in [5.41, 5.74) is 4.75. The molecule has 3 N–H and O–H groups in total. The Balaban J connectivity index is 2.26. The van der Waals surface area contributed by atoms with Crippen LogP contribution in [0.15, 0.2) is 34.9 Å². The molecule has 0 aliphatic carbocycles. The summed E-state index contributed by atoms with van der Waals surface area (Å²) < 4.78 is 5.28. The van der Waals surface area contributed by atoms with E-state index in [1.54, 1.807) is 18.4 Å². The lowest BCUT2D eigenvalue weighted by Crippen LogP contribution is -2.29. The third kappa shape index (κ3) is 2.87. The highest BCUT2D eigenvalue weighted by Gasteiger charge is 2.16. The Hall–Kier alpha value is -1.00. The molecule has 0 amide bonds. The van der Waals surface area contributed by atoms with Crippen LogP contribution in [-0.2, 0) is 6.42 Å². The lowest BCUT2D eigenvalue weighted by atomic mass is 10.00. The molecule has 1 atom stereocenters. The largest absolute Gasteiger partial charge is 0.469 e. The van der Waals surface area contributed by atoms with Crippen LogP contribution in [0, 0.1) is 6.92 Å². The fraction of sp³-hybridized carbons (Fsp3) is 0.231. The summed E-state index contributed by atoms with van der Waals surface area (Å²) in [6.07, 6.45) is 2.30. The third-order valence-electron chi connectivity index (χ3n) is 2.91. The zero-order chi connectivity index (χ0) is 13.1. The number of hydrazine groups is 1. The lowest BCUT2D eigenvalue weighted by Gasteiger charge is -2.16. The van der Waals surface area contributed by atoms with E-state index in [4.69, 9.17) is 33.5 Å².